The maximum atomic E-state index is 13.0. The molecule has 90 heavy (non-hydrogen) atoms. The Morgan fingerprint density at radius 2 is 0.511 bits per heavy atom. The fourth-order valence-corrected chi connectivity index (χ4v) is 12.3. The largest absolute Gasteiger partial charge is 0.472 e. The van der Waals surface area contributed by atoms with Crippen molar-refractivity contribution in [1.29, 1.82) is 0 Å². The van der Waals surface area contributed by atoms with Gasteiger partial charge in [0.2, 0.25) is 0 Å². The summed E-state index contributed by atoms with van der Waals surface area (Å²) in [6, 6.07) is 0. The number of hydrogen-bond acceptors (Lipinski definition) is 15. The molecule has 0 fully saturated rings. The third-order valence-electron chi connectivity index (χ3n) is 16.5. The molecule has 2 unspecified atom stereocenters. The highest BCUT2D eigenvalue weighted by molar-refractivity contribution is 7.47. The number of ether oxygens (including phenoxy) is 4. The molecule has 0 aliphatic heterocycles. The van der Waals surface area contributed by atoms with Gasteiger partial charge >= 0.3 is 39.5 Å². The Hall–Kier alpha value is -1.94. The minimum atomic E-state index is -4.95. The first-order valence-electron chi connectivity index (χ1n) is 37.0. The van der Waals surface area contributed by atoms with Crippen LogP contribution in [0.25, 0.3) is 0 Å². The number of aliphatic hydroxyl groups excluding tert-OH is 1. The van der Waals surface area contributed by atoms with Crippen molar-refractivity contribution < 1.29 is 80.2 Å². The van der Waals surface area contributed by atoms with Crippen LogP contribution in [0.4, 0.5) is 0 Å². The monoisotopic (exact) mass is 1320 g/mol. The van der Waals surface area contributed by atoms with Crippen molar-refractivity contribution in [2.75, 3.05) is 39.6 Å². The highest BCUT2D eigenvalue weighted by Crippen LogP contribution is 2.45. The number of esters is 4. The Kier molecular flexibility index (Phi) is 61.8. The average Bonchev–Trinajstić information content (AvgIpc) is 3.64. The number of unbranched alkanes of at least 4 members (excludes halogenated alkanes) is 40. The van der Waals surface area contributed by atoms with Gasteiger partial charge in [-0.05, 0) is 37.5 Å². The molecule has 0 radical (unpaired) electrons. The molecule has 5 atom stereocenters. The number of carbonyl (C=O) groups is 4. The van der Waals surface area contributed by atoms with E-state index in [9.17, 15) is 43.2 Å². The first kappa shape index (κ1) is 88.1. The van der Waals surface area contributed by atoms with Gasteiger partial charge in [-0.15, -0.1) is 0 Å². The van der Waals surface area contributed by atoms with Gasteiger partial charge in [-0.2, -0.15) is 0 Å². The number of rotatable bonds is 70. The Morgan fingerprint density at radius 3 is 0.756 bits per heavy atom. The first-order valence-corrected chi connectivity index (χ1v) is 40.0. The van der Waals surface area contributed by atoms with Crippen LogP contribution in [0, 0.1) is 11.8 Å². The summed E-state index contributed by atoms with van der Waals surface area (Å²) in [7, 11) is -9.89. The van der Waals surface area contributed by atoms with E-state index in [1.165, 1.54) is 167 Å². The zero-order valence-corrected chi connectivity index (χ0v) is 60.2. The molecule has 0 spiro atoms. The summed E-state index contributed by atoms with van der Waals surface area (Å²) in [5.41, 5.74) is 0. The molecular formula is C71H138O17P2. The normalized spacial score (nSPS) is 14.1. The van der Waals surface area contributed by atoms with E-state index in [0.717, 1.165) is 115 Å². The number of hydrogen-bond donors (Lipinski definition) is 3. The van der Waals surface area contributed by atoms with Crippen molar-refractivity contribution in [2.45, 2.75) is 381 Å². The molecule has 19 heteroatoms. The van der Waals surface area contributed by atoms with Crippen molar-refractivity contribution in [3.63, 3.8) is 0 Å². The average molecular weight is 1330 g/mol. The van der Waals surface area contributed by atoms with Crippen LogP contribution in [0.1, 0.15) is 363 Å². The summed E-state index contributed by atoms with van der Waals surface area (Å²) in [4.78, 5) is 72.3. The SMILES string of the molecule is CCCCCCCCCCCC(=O)O[C@H](COC(=O)CCCCCCCCC)COP(=O)(O)OC[C@H](O)COP(=O)(O)OC[C@@H](COC(=O)CCCCCCCCCCCCC(C)C)OC(=O)CCCCCCCCCCCCCCCCCCCCC(C)C. The minimum Gasteiger partial charge on any atom is -0.462 e. The molecule has 0 aromatic rings. The van der Waals surface area contributed by atoms with Crippen LogP contribution in [-0.2, 0) is 65.4 Å². The smallest absolute Gasteiger partial charge is 0.462 e. The number of phosphoric acid groups is 2. The lowest BCUT2D eigenvalue weighted by Crippen LogP contribution is -2.30. The lowest BCUT2D eigenvalue weighted by molar-refractivity contribution is -0.161. The zero-order valence-electron chi connectivity index (χ0n) is 58.4. The molecule has 534 valence electrons. The molecule has 0 heterocycles. The van der Waals surface area contributed by atoms with Crippen molar-refractivity contribution in [2.24, 2.45) is 11.8 Å². The van der Waals surface area contributed by atoms with Gasteiger partial charge in [0.15, 0.2) is 12.2 Å². The minimum absolute atomic E-state index is 0.105. The van der Waals surface area contributed by atoms with Gasteiger partial charge in [-0.3, -0.25) is 37.3 Å². The molecular weight excluding hydrogens is 1190 g/mol. The third kappa shape index (κ3) is 64.8. The second-order valence-corrected chi connectivity index (χ2v) is 29.5. The van der Waals surface area contributed by atoms with Gasteiger partial charge in [-0.25, -0.2) is 9.13 Å². The van der Waals surface area contributed by atoms with Crippen LogP contribution < -0.4 is 0 Å². The van der Waals surface area contributed by atoms with Gasteiger partial charge in [0, 0.05) is 25.7 Å². The van der Waals surface area contributed by atoms with Gasteiger partial charge in [0.1, 0.15) is 19.3 Å². The molecule has 3 N–H and O–H groups in total. The van der Waals surface area contributed by atoms with Crippen LogP contribution in [-0.4, -0.2) is 96.7 Å². The summed E-state index contributed by atoms with van der Waals surface area (Å²) in [5, 5.41) is 10.6. The molecule has 0 aliphatic carbocycles. The predicted octanol–water partition coefficient (Wildman–Crippen LogP) is 20.4. The standard InChI is InChI=1S/C71H138O17P2/c1-7-9-11-13-15-28-37-43-49-55-70(75)87-66(59-81-68(73)53-47-41-33-14-12-10-8-2)61-85-89(77,78)83-57-65(72)58-84-90(79,80)86-62-67(60-82-69(74)54-48-42-36-31-27-26-30-35-40-46-52-64(5)6)88-71(76)56-50-44-38-32-25-23-21-19-17-16-18-20-22-24-29-34-39-45-51-63(3)4/h63-67,72H,7-62H2,1-6H3,(H,77,78)(H,79,80)/t65-,66+,67+/m0/s1. The zero-order chi connectivity index (χ0) is 66.5. The van der Waals surface area contributed by atoms with Crippen molar-refractivity contribution in [3.05, 3.63) is 0 Å². The third-order valence-corrected chi connectivity index (χ3v) is 18.4. The lowest BCUT2D eigenvalue weighted by Gasteiger charge is -2.21. The molecule has 0 aromatic carbocycles. The topological polar surface area (TPSA) is 237 Å². The molecule has 0 aliphatic rings. The Labute approximate surface area is 549 Å². The second kappa shape index (κ2) is 63.1. The van der Waals surface area contributed by atoms with E-state index in [2.05, 4.69) is 41.5 Å². The molecule has 0 saturated heterocycles. The van der Waals surface area contributed by atoms with Crippen LogP contribution in [0.5, 0.6) is 0 Å². The Morgan fingerprint density at radius 1 is 0.300 bits per heavy atom. The summed E-state index contributed by atoms with van der Waals surface area (Å²) in [6.45, 7) is 9.52. The van der Waals surface area contributed by atoms with E-state index in [0.29, 0.717) is 25.7 Å². The second-order valence-electron chi connectivity index (χ2n) is 26.6. The lowest BCUT2D eigenvalue weighted by atomic mass is 10.0. The highest BCUT2D eigenvalue weighted by atomic mass is 31.2. The Bertz CT molecular complexity index is 1750. The van der Waals surface area contributed by atoms with E-state index in [1.54, 1.807) is 0 Å². The van der Waals surface area contributed by atoms with Gasteiger partial charge < -0.3 is 33.8 Å². The number of carbonyl (C=O) groups excluding carboxylic acids is 4. The van der Waals surface area contributed by atoms with E-state index < -0.39 is 97.5 Å². The fourth-order valence-electron chi connectivity index (χ4n) is 10.8. The fraction of sp³-hybridized carbons (Fsp3) is 0.944. The molecule has 0 saturated carbocycles. The van der Waals surface area contributed by atoms with Crippen LogP contribution in [0.2, 0.25) is 0 Å². The van der Waals surface area contributed by atoms with Crippen LogP contribution in [0.3, 0.4) is 0 Å². The summed E-state index contributed by atoms with van der Waals surface area (Å²) in [5.74, 6) is -0.550. The van der Waals surface area contributed by atoms with E-state index in [1.807, 2.05) is 0 Å². The maximum Gasteiger partial charge on any atom is 0.472 e. The van der Waals surface area contributed by atoms with Crippen molar-refractivity contribution in [3.8, 4) is 0 Å². The quantitative estimate of drug-likeness (QED) is 0.0222. The van der Waals surface area contributed by atoms with Gasteiger partial charge in [-0.1, -0.05) is 311 Å². The molecule has 0 bridgehead atoms. The number of phosphoric ester groups is 2. The highest BCUT2D eigenvalue weighted by Gasteiger charge is 2.30. The molecule has 17 nitrogen and oxygen atoms in total. The van der Waals surface area contributed by atoms with Gasteiger partial charge in [0.25, 0.3) is 0 Å². The summed E-state index contributed by atoms with van der Waals surface area (Å²) in [6.07, 6.45) is 48.8. The predicted molar refractivity (Wildman–Crippen MR) is 363 cm³/mol. The molecule has 0 rings (SSSR count). The summed E-state index contributed by atoms with van der Waals surface area (Å²) < 4.78 is 68.1. The van der Waals surface area contributed by atoms with Crippen LogP contribution >= 0.6 is 15.6 Å². The number of aliphatic hydroxyl groups is 1. The van der Waals surface area contributed by atoms with Crippen molar-refractivity contribution >= 4 is 39.5 Å². The van der Waals surface area contributed by atoms with E-state index in [4.69, 9.17) is 37.0 Å². The first-order chi connectivity index (χ1) is 43.4. The van der Waals surface area contributed by atoms with E-state index in [-0.39, 0.29) is 25.7 Å². The van der Waals surface area contributed by atoms with Crippen molar-refractivity contribution in [1.82, 2.24) is 0 Å². The maximum absolute atomic E-state index is 13.0. The van der Waals surface area contributed by atoms with E-state index >= 15 is 0 Å². The summed E-state index contributed by atoms with van der Waals surface area (Å²) >= 11 is 0. The molecule has 0 amide bonds. The van der Waals surface area contributed by atoms with Crippen LogP contribution in [0.15, 0.2) is 0 Å². The molecule has 0 aromatic heterocycles. The van der Waals surface area contributed by atoms with Gasteiger partial charge in [0.05, 0.1) is 26.4 Å². The Balaban J connectivity index is 5.14.